The van der Waals surface area contributed by atoms with Crippen LogP contribution in [0.3, 0.4) is 0 Å². The standard InChI is InChI=1S/C12H12ClF3N4/c1-2-3-10-11(17)18-19-20(10)9-5-7(12(14,15)16)4-8(13)6-9/h4-6H,2-3,17H2,1H3. The lowest BCUT2D eigenvalue weighted by Crippen LogP contribution is -2.09. The summed E-state index contributed by atoms with van der Waals surface area (Å²) in [5.41, 5.74) is 5.60. The number of nitrogens with zero attached hydrogens (tertiary/aromatic N) is 3. The number of hydrogen-bond donors (Lipinski definition) is 1. The Morgan fingerprint density at radius 2 is 2.00 bits per heavy atom. The Kier molecular flexibility index (Phi) is 3.89. The van der Waals surface area contributed by atoms with Crippen LogP contribution in [0, 0.1) is 0 Å². The van der Waals surface area contributed by atoms with Gasteiger partial charge in [-0.05, 0) is 24.6 Å². The molecule has 20 heavy (non-hydrogen) atoms. The van der Waals surface area contributed by atoms with E-state index in [4.69, 9.17) is 17.3 Å². The van der Waals surface area contributed by atoms with Gasteiger partial charge in [-0.3, -0.25) is 0 Å². The van der Waals surface area contributed by atoms with Crippen molar-refractivity contribution in [2.75, 3.05) is 5.73 Å². The molecule has 2 aromatic rings. The van der Waals surface area contributed by atoms with E-state index in [1.54, 1.807) is 0 Å². The van der Waals surface area contributed by atoms with Gasteiger partial charge in [0.25, 0.3) is 0 Å². The SMILES string of the molecule is CCCc1c(N)nnn1-c1cc(Cl)cc(C(F)(F)F)c1. The van der Waals surface area contributed by atoms with Crippen LogP contribution in [-0.4, -0.2) is 15.0 Å². The normalized spacial score (nSPS) is 11.8. The number of aromatic nitrogens is 3. The van der Waals surface area contributed by atoms with Crippen molar-refractivity contribution in [1.82, 2.24) is 15.0 Å². The fourth-order valence-corrected chi connectivity index (χ4v) is 2.08. The molecule has 1 aromatic heterocycles. The molecule has 0 saturated carbocycles. The predicted molar refractivity (Wildman–Crippen MR) is 69.8 cm³/mol. The first kappa shape index (κ1) is 14.6. The minimum atomic E-state index is -4.48. The number of halogens is 4. The van der Waals surface area contributed by atoms with Gasteiger partial charge in [-0.1, -0.05) is 30.2 Å². The maximum absolute atomic E-state index is 12.8. The van der Waals surface area contributed by atoms with E-state index >= 15 is 0 Å². The third kappa shape index (κ3) is 2.87. The fourth-order valence-electron chi connectivity index (χ4n) is 1.85. The molecular formula is C12H12ClF3N4. The van der Waals surface area contributed by atoms with Gasteiger partial charge in [0.15, 0.2) is 5.82 Å². The van der Waals surface area contributed by atoms with E-state index in [0.29, 0.717) is 12.1 Å². The quantitative estimate of drug-likeness (QED) is 0.944. The molecule has 0 atom stereocenters. The number of nitrogen functional groups attached to an aromatic ring is 1. The maximum Gasteiger partial charge on any atom is 0.416 e. The van der Waals surface area contributed by atoms with Gasteiger partial charge in [-0.15, -0.1) is 5.10 Å². The third-order valence-corrected chi connectivity index (χ3v) is 2.95. The van der Waals surface area contributed by atoms with Gasteiger partial charge in [-0.25, -0.2) is 4.68 Å². The molecule has 2 rings (SSSR count). The Bertz CT molecular complexity index is 622. The van der Waals surface area contributed by atoms with Crippen LogP contribution < -0.4 is 5.73 Å². The third-order valence-electron chi connectivity index (χ3n) is 2.73. The Morgan fingerprint density at radius 1 is 1.30 bits per heavy atom. The molecule has 4 nitrogen and oxygen atoms in total. The summed E-state index contributed by atoms with van der Waals surface area (Å²) in [6.07, 6.45) is -3.15. The molecule has 2 N–H and O–H groups in total. The highest BCUT2D eigenvalue weighted by atomic mass is 35.5. The average Bonchev–Trinajstić information content (AvgIpc) is 2.70. The van der Waals surface area contributed by atoms with Crippen molar-refractivity contribution in [2.45, 2.75) is 25.9 Å². The first-order valence-electron chi connectivity index (χ1n) is 5.91. The number of benzene rings is 1. The van der Waals surface area contributed by atoms with E-state index in [9.17, 15) is 13.2 Å². The molecule has 0 bridgehead atoms. The second-order valence-electron chi connectivity index (χ2n) is 4.28. The molecule has 0 fully saturated rings. The summed E-state index contributed by atoms with van der Waals surface area (Å²) in [5.74, 6) is 0.209. The van der Waals surface area contributed by atoms with E-state index in [-0.39, 0.29) is 16.5 Å². The lowest BCUT2D eigenvalue weighted by Gasteiger charge is -2.11. The first-order chi connectivity index (χ1) is 9.32. The second kappa shape index (κ2) is 5.32. The van der Waals surface area contributed by atoms with Crippen LogP contribution in [0.5, 0.6) is 0 Å². The van der Waals surface area contributed by atoms with E-state index in [2.05, 4.69) is 10.3 Å². The first-order valence-corrected chi connectivity index (χ1v) is 6.29. The van der Waals surface area contributed by atoms with Crippen LogP contribution in [-0.2, 0) is 12.6 Å². The van der Waals surface area contributed by atoms with Gasteiger partial charge in [0.1, 0.15) is 0 Å². The minimum absolute atomic E-state index is 0.0219. The van der Waals surface area contributed by atoms with Gasteiger partial charge >= 0.3 is 6.18 Å². The number of anilines is 1. The summed E-state index contributed by atoms with van der Waals surface area (Å²) < 4.78 is 39.7. The predicted octanol–water partition coefficient (Wildman–Crippen LogP) is 3.47. The van der Waals surface area contributed by atoms with Crippen molar-refractivity contribution in [3.05, 3.63) is 34.5 Å². The van der Waals surface area contributed by atoms with Crippen LogP contribution in [0.2, 0.25) is 5.02 Å². The van der Waals surface area contributed by atoms with Gasteiger partial charge in [0, 0.05) is 5.02 Å². The Morgan fingerprint density at radius 3 is 2.60 bits per heavy atom. The molecule has 0 amide bonds. The molecule has 0 aliphatic heterocycles. The van der Waals surface area contributed by atoms with E-state index in [0.717, 1.165) is 18.6 Å². The molecular weight excluding hydrogens is 293 g/mol. The van der Waals surface area contributed by atoms with Crippen molar-refractivity contribution in [1.29, 1.82) is 0 Å². The zero-order chi connectivity index (χ0) is 14.9. The summed E-state index contributed by atoms with van der Waals surface area (Å²) in [6, 6.07) is 3.23. The highest BCUT2D eigenvalue weighted by Crippen LogP contribution is 2.33. The molecule has 1 aromatic carbocycles. The Balaban J connectivity index is 2.56. The van der Waals surface area contributed by atoms with Crippen molar-refractivity contribution in [3.8, 4) is 5.69 Å². The summed E-state index contributed by atoms with van der Waals surface area (Å²) in [4.78, 5) is 0. The molecule has 8 heteroatoms. The number of nitrogens with two attached hydrogens (primary N) is 1. The maximum atomic E-state index is 12.8. The highest BCUT2D eigenvalue weighted by molar-refractivity contribution is 6.30. The van der Waals surface area contributed by atoms with Crippen molar-refractivity contribution in [2.24, 2.45) is 0 Å². The lowest BCUT2D eigenvalue weighted by molar-refractivity contribution is -0.137. The molecule has 0 saturated heterocycles. The van der Waals surface area contributed by atoms with Gasteiger partial charge in [0.2, 0.25) is 0 Å². The topological polar surface area (TPSA) is 56.7 Å². The largest absolute Gasteiger partial charge is 0.416 e. The molecule has 0 aliphatic rings. The van der Waals surface area contributed by atoms with Crippen molar-refractivity contribution >= 4 is 17.4 Å². The smallest absolute Gasteiger partial charge is 0.381 e. The molecule has 0 spiro atoms. The van der Waals surface area contributed by atoms with Crippen molar-refractivity contribution in [3.63, 3.8) is 0 Å². The molecule has 108 valence electrons. The molecule has 1 heterocycles. The fraction of sp³-hybridized carbons (Fsp3) is 0.333. The van der Waals surface area contributed by atoms with Gasteiger partial charge in [-0.2, -0.15) is 13.2 Å². The number of rotatable bonds is 3. The van der Waals surface area contributed by atoms with E-state index < -0.39 is 11.7 Å². The van der Waals surface area contributed by atoms with Crippen LogP contribution in [0.1, 0.15) is 24.6 Å². The van der Waals surface area contributed by atoms with Gasteiger partial charge < -0.3 is 5.73 Å². The van der Waals surface area contributed by atoms with Crippen LogP contribution in [0.15, 0.2) is 18.2 Å². The van der Waals surface area contributed by atoms with Crippen molar-refractivity contribution < 1.29 is 13.2 Å². The summed E-state index contributed by atoms with van der Waals surface area (Å²) in [6.45, 7) is 1.93. The summed E-state index contributed by atoms with van der Waals surface area (Å²) in [5, 5.41) is 7.46. The number of hydrogen-bond acceptors (Lipinski definition) is 3. The highest BCUT2D eigenvalue weighted by Gasteiger charge is 2.31. The lowest BCUT2D eigenvalue weighted by atomic mass is 10.2. The van der Waals surface area contributed by atoms with E-state index in [1.807, 2.05) is 6.92 Å². The summed E-state index contributed by atoms with van der Waals surface area (Å²) in [7, 11) is 0. The minimum Gasteiger partial charge on any atom is -0.381 e. The zero-order valence-corrected chi connectivity index (χ0v) is 11.3. The van der Waals surface area contributed by atoms with Crippen LogP contribution in [0.25, 0.3) is 5.69 Å². The zero-order valence-electron chi connectivity index (χ0n) is 10.6. The number of alkyl halides is 3. The van der Waals surface area contributed by atoms with Crippen LogP contribution in [0.4, 0.5) is 19.0 Å². The van der Waals surface area contributed by atoms with E-state index in [1.165, 1.54) is 10.7 Å². The van der Waals surface area contributed by atoms with Gasteiger partial charge in [0.05, 0.1) is 16.9 Å². The van der Waals surface area contributed by atoms with Crippen LogP contribution >= 0.6 is 11.6 Å². The Labute approximate surface area is 118 Å². The molecule has 0 unspecified atom stereocenters. The summed E-state index contributed by atoms with van der Waals surface area (Å²) >= 11 is 5.75. The average molecular weight is 305 g/mol. The monoisotopic (exact) mass is 304 g/mol. The molecule has 0 radical (unpaired) electrons. The molecule has 0 aliphatic carbocycles. The second-order valence-corrected chi connectivity index (χ2v) is 4.72. The Hall–Kier alpha value is -1.76.